The van der Waals surface area contributed by atoms with Gasteiger partial charge in [-0.15, -0.1) is 0 Å². The summed E-state index contributed by atoms with van der Waals surface area (Å²) in [7, 11) is 0. The van der Waals surface area contributed by atoms with Gasteiger partial charge in [-0.3, -0.25) is 4.79 Å². The summed E-state index contributed by atoms with van der Waals surface area (Å²) in [4.78, 5) is 14.7. The highest BCUT2D eigenvalue weighted by Crippen LogP contribution is 1.97. The molecule has 0 aromatic rings. The van der Waals surface area contributed by atoms with Crippen molar-refractivity contribution in [2.24, 2.45) is 0 Å². The summed E-state index contributed by atoms with van der Waals surface area (Å²) < 4.78 is 0. The number of hydrogen-bond donors (Lipinski definition) is 0. The smallest absolute Gasteiger partial charge is 0.316 e. The van der Waals surface area contributed by atoms with Crippen molar-refractivity contribution >= 4 is 17.0 Å². The minimum atomic E-state index is -0.352. The molecule has 78 valence electrons. The fourth-order valence-electron chi connectivity index (χ4n) is 1.17. The highest BCUT2D eigenvalue weighted by atomic mass is 35.5. The number of amides is 1. The predicted octanol–water partition coefficient (Wildman–Crippen LogP) is 2.01. The molecule has 0 aliphatic carbocycles. The number of hydrogen-bond acceptors (Lipinski definition) is 2. The van der Waals surface area contributed by atoms with Crippen molar-refractivity contribution in [3.63, 3.8) is 0 Å². The molecule has 0 spiro atoms. The van der Waals surface area contributed by atoms with Gasteiger partial charge < -0.3 is 9.80 Å². The van der Waals surface area contributed by atoms with E-state index in [1.807, 2.05) is 6.92 Å². The molecule has 1 amide bonds. The Hall–Kier alpha value is -0.280. The predicted molar refractivity (Wildman–Crippen MR) is 56.3 cm³/mol. The van der Waals surface area contributed by atoms with Crippen molar-refractivity contribution in [2.75, 3.05) is 32.7 Å². The molecule has 0 heterocycles. The molecular weight excluding hydrogens is 188 g/mol. The van der Waals surface area contributed by atoms with Gasteiger partial charge in [-0.25, -0.2) is 0 Å². The van der Waals surface area contributed by atoms with Gasteiger partial charge in [-0.05, 0) is 31.6 Å². The van der Waals surface area contributed by atoms with E-state index >= 15 is 0 Å². The van der Waals surface area contributed by atoms with Crippen LogP contribution in [-0.4, -0.2) is 47.9 Å². The first kappa shape index (κ1) is 12.7. The molecule has 0 saturated carbocycles. The zero-order valence-electron chi connectivity index (χ0n) is 8.72. The van der Waals surface area contributed by atoms with Gasteiger partial charge in [0.15, 0.2) is 0 Å². The van der Waals surface area contributed by atoms with Crippen molar-refractivity contribution in [1.82, 2.24) is 9.80 Å². The molecular formula is C9H19ClN2O. The normalized spacial score (nSPS) is 10.5. The van der Waals surface area contributed by atoms with Crippen LogP contribution in [0.5, 0.6) is 0 Å². The van der Waals surface area contributed by atoms with E-state index in [-0.39, 0.29) is 5.37 Å². The maximum Gasteiger partial charge on any atom is 0.316 e. The summed E-state index contributed by atoms with van der Waals surface area (Å²) in [6.45, 7) is 10.5. The first-order valence-electron chi connectivity index (χ1n) is 4.82. The molecule has 3 nitrogen and oxygen atoms in total. The summed E-state index contributed by atoms with van der Waals surface area (Å²) >= 11 is 5.38. The van der Waals surface area contributed by atoms with Gasteiger partial charge in [-0.1, -0.05) is 13.8 Å². The van der Waals surface area contributed by atoms with Gasteiger partial charge in [0.25, 0.3) is 0 Å². The SMILES string of the molecule is CCN(CC)CCN(CC)C(=O)Cl. The third kappa shape index (κ3) is 5.11. The topological polar surface area (TPSA) is 23.6 Å². The van der Waals surface area contributed by atoms with E-state index in [9.17, 15) is 4.79 Å². The van der Waals surface area contributed by atoms with E-state index in [2.05, 4.69) is 18.7 Å². The number of likely N-dealkylation sites (N-methyl/N-ethyl adjacent to an activating group) is 2. The van der Waals surface area contributed by atoms with Crippen LogP contribution < -0.4 is 0 Å². The van der Waals surface area contributed by atoms with E-state index < -0.39 is 0 Å². The standard InChI is InChI=1S/C9H19ClN2O/c1-4-11(5-2)7-8-12(6-3)9(10)13/h4-8H2,1-3H3. The van der Waals surface area contributed by atoms with Gasteiger partial charge in [0, 0.05) is 19.6 Å². The average molecular weight is 207 g/mol. The van der Waals surface area contributed by atoms with Crippen LogP contribution in [0.4, 0.5) is 4.79 Å². The molecule has 0 fully saturated rings. The van der Waals surface area contributed by atoms with E-state index in [1.54, 1.807) is 4.90 Å². The van der Waals surface area contributed by atoms with Crippen molar-refractivity contribution in [3.8, 4) is 0 Å². The third-order valence-corrected chi connectivity index (χ3v) is 2.45. The lowest BCUT2D eigenvalue weighted by Crippen LogP contribution is -2.36. The summed E-state index contributed by atoms with van der Waals surface area (Å²) in [5.74, 6) is 0. The Morgan fingerprint density at radius 3 is 1.92 bits per heavy atom. The zero-order valence-corrected chi connectivity index (χ0v) is 9.47. The zero-order chi connectivity index (χ0) is 10.3. The molecule has 0 radical (unpaired) electrons. The second-order valence-corrected chi connectivity index (χ2v) is 3.18. The van der Waals surface area contributed by atoms with Crippen LogP contribution in [0.15, 0.2) is 0 Å². The molecule has 0 saturated heterocycles. The van der Waals surface area contributed by atoms with E-state index in [1.165, 1.54) is 0 Å². The van der Waals surface area contributed by atoms with E-state index in [0.29, 0.717) is 6.54 Å². The van der Waals surface area contributed by atoms with Crippen LogP contribution in [0.2, 0.25) is 0 Å². The summed E-state index contributed by atoms with van der Waals surface area (Å²) in [6, 6.07) is 0. The number of carbonyl (C=O) groups is 1. The lowest BCUT2D eigenvalue weighted by atomic mass is 10.4. The molecule has 0 atom stereocenters. The Labute approximate surface area is 85.6 Å². The van der Waals surface area contributed by atoms with E-state index in [4.69, 9.17) is 11.6 Å². The Morgan fingerprint density at radius 2 is 1.62 bits per heavy atom. The number of nitrogens with zero attached hydrogens (tertiary/aromatic N) is 2. The maximum atomic E-state index is 10.8. The van der Waals surface area contributed by atoms with Crippen LogP contribution >= 0.6 is 11.6 Å². The first-order chi connectivity index (χ1) is 6.15. The van der Waals surface area contributed by atoms with Crippen molar-refractivity contribution in [2.45, 2.75) is 20.8 Å². The molecule has 0 bridgehead atoms. The molecule has 0 unspecified atom stereocenters. The van der Waals surface area contributed by atoms with Gasteiger partial charge in [0.1, 0.15) is 0 Å². The molecule has 0 aromatic heterocycles. The lowest BCUT2D eigenvalue weighted by molar-refractivity contribution is 0.209. The Morgan fingerprint density at radius 1 is 1.08 bits per heavy atom. The average Bonchev–Trinajstić information content (AvgIpc) is 2.12. The maximum absolute atomic E-state index is 10.8. The Balaban J connectivity index is 3.76. The first-order valence-corrected chi connectivity index (χ1v) is 5.20. The highest BCUT2D eigenvalue weighted by molar-refractivity contribution is 6.62. The number of carbonyl (C=O) groups excluding carboxylic acids is 1. The van der Waals surface area contributed by atoms with Crippen molar-refractivity contribution in [3.05, 3.63) is 0 Å². The molecule has 0 rings (SSSR count). The largest absolute Gasteiger partial charge is 0.328 e. The molecule has 4 heteroatoms. The van der Waals surface area contributed by atoms with Gasteiger partial charge >= 0.3 is 5.37 Å². The van der Waals surface area contributed by atoms with Crippen molar-refractivity contribution < 1.29 is 4.79 Å². The monoisotopic (exact) mass is 206 g/mol. The number of halogens is 1. The summed E-state index contributed by atoms with van der Waals surface area (Å²) in [5.41, 5.74) is 0. The van der Waals surface area contributed by atoms with Gasteiger partial charge in [0.05, 0.1) is 0 Å². The Kier molecular flexibility index (Phi) is 7.00. The molecule has 13 heavy (non-hydrogen) atoms. The minimum absolute atomic E-state index is 0.352. The quantitative estimate of drug-likeness (QED) is 0.490. The Bertz CT molecular complexity index is 149. The van der Waals surface area contributed by atoms with Gasteiger partial charge in [0.2, 0.25) is 0 Å². The van der Waals surface area contributed by atoms with Crippen LogP contribution in [0.1, 0.15) is 20.8 Å². The second kappa shape index (κ2) is 7.15. The van der Waals surface area contributed by atoms with E-state index in [0.717, 1.165) is 26.2 Å². The molecule has 0 aliphatic rings. The van der Waals surface area contributed by atoms with Crippen LogP contribution in [0.3, 0.4) is 0 Å². The third-order valence-electron chi connectivity index (χ3n) is 2.21. The van der Waals surface area contributed by atoms with Crippen LogP contribution in [-0.2, 0) is 0 Å². The number of rotatable bonds is 6. The van der Waals surface area contributed by atoms with Crippen LogP contribution in [0, 0.1) is 0 Å². The molecule has 0 aromatic carbocycles. The summed E-state index contributed by atoms with van der Waals surface area (Å²) in [6.07, 6.45) is 0. The van der Waals surface area contributed by atoms with Crippen molar-refractivity contribution in [1.29, 1.82) is 0 Å². The summed E-state index contributed by atoms with van der Waals surface area (Å²) in [5, 5.41) is -0.352. The molecule has 0 aliphatic heterocycles. The minimum Gasteiger partial charge on any atom is -0.328 e. The second-order valence-electron chi connectivity index (χ2n) is 2.86. The van der Waals surface area contributed by atoms with Crippen LogP contribution in [0.25, 0.3) is 0 Å². The fourth-order valence-corrected chi connectivity index (χ4v) is 1.38. The molecule has 0 N–H and O–H groups in total. The fraction of sp³-hybridized carbons (Fsp3) is 0.889. The lowest BCUT2D eigenvalue weighted by Gasteiger charge is -2.23. The van der Waals surface area contributed by atoms with Gasteiger partial charge in [-0.2, -0.15) is 0 Å². The highest BCUT2D eigenvalue weighted by Gasteiger charge is 2.08.